The number of ether oxygens (including phenoxy) is 1. The molecular weight excluding hydrogens is 408 g/mol. The van der Waals surface area contributed by atoms with Gasteiger partial charge in [0.05, 0.1) is 12.7 Å². The molecule has 1 aliphatic rings. The van der Waals surface area contributed by atoms with E-state index in [2.05, 4.69) is 56.9 Å². The van der Waals surface area contributed by atoms with Crippen LogP contribution < -0.4 is 0 Å². The van der Waals surface area contributed by atoms with E-state index >= 15 is 0 Å². The molecule has 1 saturated heterocycles. The number of benzene rings is 2. The van der Waals surface area contributed by atoms with Crippen LogP contribution in [-0.4, -0.2) is 48.4 Å². The quantitative estimate of drug-likeness (QED) is 0.568. The summed E-state index contributed by atoms with van der Waals surface area (Å²) in [7, 11) is 0. The highest BCUT2D eigenvalue weighted by Crippen LogP contribution is 2.24. The Labute approximate surface area is 192 Å². The molecule has 1 aliphatic heterocycles. The number of hydrogen-bond acceptors (Lipinski definition) is 3. The lowest BCUT2D eigenvalue weighted by atomic mass is 9.91. The Morgan fingerprint density at radius 1 is 1.06 bits per heavy atom. The smallest absolute Gasteiger partial charge is 0.223 e. The van der Waals surface area contributed by atoms with Crippen LogP contribution in [0.5, 0.6) is 0 Å². The number of hydrogen-bond donors (Lipinski definition) is 0. The standard InChI is InChI=1S/C26H35ClN2O2/c1-20-6-5-7-21(16-20)19-31-24(22-8-10-23(27)11-9-22)18-28-12-14-29(15-13-28)25(30)17-26(2,3)4/h5-11,16,24H,12-15,17-19H2,1-4H3/t24-/m0/s1. The van der Waals surface area contributed by atoms with Gasteiger partial charge in [-0.15, -0.1) is 0 Å². The van der Waals surface area contributed by atoms with Crippen molar-refractivity contribution in [3.05, 3.63) is 70.2 Å². The second-order valence-electron chi connectivity index (χ2n) is 9.76. The molecule has 1 fully saturated rings. The fraction of sp³-hybridized carbons (Fsp3) is 0.500. The fourth-order valence-corrected chi connectivity index (χ4v) is 4.04. The zero-order valence-corrected chi connectivity index (χ0v) is 20.0. The normalized spacial score (nSPS) is 16.4. The van der Waals surface area contributed by atoms with Gasteiger partial charge in [-0.05, 0) is 35.6 Å². The van der Waals surface area contributed by atoms with Crippen molar-refractivity contribution >= 4 is 17.5 Å². The topological polar surface area (TPSA) is 32.8 Å². The van der Waals surface area contributed by atoms with Crippen molar-refractivity contribution in [2.24, 2.45) is 5.41 Å². The highest BCUT2D eigenvalue weighted by Gasteiger charge is 2.26. The lowest BCUT2D eigenvalue weighted by Gasteiger charge is -2.37. The maximum Gasteiger partial charge on any atom is 0.223 e. The Bertz CT molecular complexity index is 852. The fourth-order valence-electron chi connectivity index (χ4n) is 3.91. The summed E-state index contributed by atoms with van der Waals surface area (Å²) in [6, 6.07) is 16.4. The highest BCUT2D eigenvalue weighted by molar-refractivity contribution is 6.30. The first-order valence-electron chi connectivity index (χ1n) is 11.1. The predicted octanol–water partition coefficient (Wildman–Crippen LogP) is 5.49. The third-order valence-electron chi connectivity index (χ3n) is 5.61. The minimum atomic E-state index is -0.0467. The Balaban J connectivity index is 1.61. The molecule has 1 heterocycles. The van der Waals surface area contributed by atoms with E-state index < -0.39 is 0 Å². The molecule has 3 rings (SSSR count). The molecule has 1 amide bonds. The maximum atomic E-state index is 12.6. The minimum Gasteiger partial charge on any atom is -0.368 e. The molecule has 0 N–H and O–H groups in total. The van der Waals surface area contributed by atoms with Crippen LogP contribution in [0, 0.1) is 12.3 Å². The SMILES string of the molecule is Cc1cccc(CO[C@@H](CN2CCN(C(=O)CC(C)(C)C)CC2)c2ccc(Cl)cc2)c1. The Morgan fingerprint density at radius 2 is 1.74 bits per heavy atom. The molecule has 0 radical (unpaired) electrons. The van der Waals surface area contributed by atoms with Gasteiger partial charge in [-0.2, -0.15) is 0 Å². The first-order chi connectivity index (χ1) is 14.7. The van der Waals surface area contributed by atoms with Crippen molar-refractivity contribution in [3.8, 4) is 0 Å². The maximum absolute atomic E-state index is 12.6. The molecule has 0 aromatic heterocycles. The molecule has 4 nitrogen and oxygen atoms in total. The van der Waals surface area contributed by atoms with E-state index in [1.807, 2.05) is 29.2 Å². The molecule has 0 spiro atoms. The molecule has 2 aromatic rings. The van der Waals surface area contributed by atoms with E-state index in [-0.39, 0.29) is 17.4 Å². The number of rotatable bonds is 7. The van der Waals surface area contributed by atoms with Crippen molar-refractivity contribution in [1.82, 2.24) is 9.80 Å². The van der Waals surface area contributed by atoms with Crippen molar-refractivity contribution < 1.29 is 9.53 Å². The highest BCUT2D eigenvalue weighted by atomic mass is 35.5. The lowest BCUT2D eigenvalue weighted by molar-refractivity contribution is -0.135. The summed E-state index contributed by atoms with van der Waals surface area (Å²) in [5.74, 6) is 0.261. The lowest BCUT2D eigenvalue weighted by Crippen LogP contribution is -2.50. The molecule has 0 aliphatic carbocycles. The van der Waals surface area contributed by atoms with Gasteiger partial charge in [0.15, 0.2) is 0 Å². The summed E-state index contributed by atoms with van der Waals surface area (Å²) in [5.41, 5.74) is 3.57. The molecule has 0 saturated carbocycles. The Hall–Kier alpha value is -1.88. The second kappa shape index (κ2) is 10.6. The van der Waals surface area contributed by atoms with Gasteiger partial charge in [0, 0.05) is 44.2 Å². The van der Waals surface area contributed by atoms with Crippen LogP contribution in [0.1, 0.15) is 50.0 Å². The molecule has 2 aromatic carbocycles. The molecular formula is C26H35ClN2O2. The van der Waals surface area contributed by atoms with E-state index in [4.69, 9.17) is 16.3 Å². The van der Waals surface area contributed by atoms with Crippen LogP contribution in [0.2, 0.25) is 5.02 Å². The molecule has 31 heavy (non-hydrogen) atoms. The van der Waals surface area contributed by atoms with E-state index in [1.54, 1.807) is 0 Å². The second-order valence-corrected chi connectivity index (χ2v) is 10.2. The van der Waals surface area contributed by atoms with Crippen LogP contribution in [-0.2, 0) is 16.1 Å². The third kappa shape index (κ3) is 7.64. The monoisotopic (exact) mass is 442 g/mol. The number of halogens is 1. The van der Waals surface area contributed by atoms with Crippen LogP contribution >= 0.6 is 11.6 Å². The van der Waals surface area contributed by atoms with Crippen molar-refractivity contribution in [1.29, 1.82) is 0 Å². The van der Waals surface area contributed by atoms with Gasteiger partial charge >= 0.3 is 0 Å². The van der Waals surface area contributed by atoms with Gasteiger partial charge in [0.25, 0.3) is 0 Å². The first-order valence-corrected chi connectivity index (χ1v) is 11.5. The van der Waals surface area contributed by atoms with E-state index in [9.17, 15) is 4.79 Å². The van der Waals surface area contributed by atoms with Crippen molar-refractivity contribution in [2.75, 3.05) is 32.7 Å². The van der Waals surface area contributed by atoms with Crippen LogP contribution in [0.3, 0.4) is 0 Å². The average Bonchev–Trinajstić information content (AvgIpc) is 2.71. The summed E-state index contributed by atoms with van der Waals surface area (Å²) in [4.78, 5) is 17.0. The largest absolute Gasteiger partial charge is 0.368 e. The van der Waals surface area contributed by atoms with Gasteiger partial charge in [-0.3, -0.25) is 9.69 Å². The molecule has 0 bridgehead atoms. The number of piperazine rings is 1. The zero-order valence-electron chi connectivity index (χ0n) is 19.2. The molecule has 5 heteroatoms. The Morgan fingerprint density at radius 3 is 2.35 bits per heavy atom. The summed E-state index contributed by atoms with van der Waals surface area (Å²) in [6.45, 7) is 13.1. The average molecular weight is 443 g/mol. The van der Waals surface area contributed by atoms with Gasteiger partial charge < -0.3 is 9.64 Å². The van der Waals surface area contributed by atoms with E-state index in [0.717, 1.165) is 43.3 Å². The number of aryl methyl sites for hydroxylation is 1. The van der Waals surface area contributed by atoms with Crippen molar-refractivity contribution in [3.63, 3.8) is 0 Å². The van der Waals surface area contributed by atoms with Crippen LogP contribution in [0.25, 0.3) is 0 Å². The van der Waals surface area contributed by atoms with Gasteiger partial charge in [0.1, 0.15) is 0 Å². The van der Waals surface area contributed by atoms with Gasteiger partial charge in [0.2, 0.25) is 5.91 Å². The molecule has 0 unspecified atom stereocenters. The van der Waals surface area contributed by atoms with E-state index in [0.29, 0.717) is 13.0 Å². The van der Waals surface area contributed by atoms with Gasteiger partial charge in [-0.1, -0.05) is 74.3 Å². The molecule has 168 valence electrons. The number of carbonyl (C=O) groups is 1. The zero-order chi connectivity index (χ0) is 22.4. The summed E-state index contributed by atoms with van der Waals surface area (Å²) >= 11 is 6.10. The summed E-state index contributed by atoms with van der Waals surface area (Å²) in [5, 5.41) is 0.729. The van der Waals surface area contributed by atoms with Crippen LogP contribution in [0.4, 0.5) is 0 Å². The van der Waals surface area contributed by atoms with E-state index in [1.165, 1.54) is 11.1 Å². The Kier molecular flexibility index (Phi) is 8.15. The summed E-state index contributed by atoms with van der Waals surface area (Å²) < 4.78 is 6.39. The predicted molar refractivity (Wildman–Crippen MR) is 127 cm³/mol. The molecule has 1 atom stereocenters. The minimum absolute atomic E-state index is 0.0253. The van der Waals surface area contributed by atoms with Crippen LogP contribution in [0.15, 0.2) is 48.5 Å². The number of nitrogens with zero attached hydrogens (tertiary/aromatic N) is 2. The number of carbonyl (C=O) groups excluding carboxylic acids is 1. The summed E-state index contributed by atoms with van der Waals surface area (Å²) in [6.07, 6.45) is 0.551. The third-order valence-corrected chi connectivity index (χ3v) is 5.86. The van der Waals surface area contributed by atoms with Gasteiger partial charge in [-0.25, -0.2) is 0 Å². The number of amides is 1. The van der Waals surface area contributed by atoms with Crippen molar-refractivity contribution in [2.45, 2.75) is 46.8 Å². The first kappa shape index (κ1) is 23.8.